The molecule has 0 bridgehead atoms. The number of ether oxygens (including phenoxy) is 1. The van der Waals surface area contributed by atoms with Crippen molar-refractivity contribution in [2.75, 3.05) is 11.2 Å². The first kappa shape index (κ1) is 20.5. The van der Waals surface area contributed by atoms with E-state index in [2.05, 4.69) is 33.4 Å². The van der Waals surface area contributed by atoms with Gasteiger partial charge in [0.25, 0.3) is 0 Å². The van der Waals surface area contributed by atoms with Crippen LogP contribution in [0.5, 0.6) is 5.88 Å². The van der Waals surface area contributed by atoms with E-state index in [4.69, 9.17) is 4.74 Å². The molecule has 5 rings (SSSR count). The van der Waals surface area contributed by atoms with Crippen molar-refractivity contribution < 1.29 is 9.53 Å². The Kier molecular flexibility index (Phi) is 5.49. The summed E-state index contributed by atoms with van der Waals surface area (Å²) >= 11 is 1.40. The second kappa shape index (κ2) is 8.59. The highest BCUT2D eigenvalue weighted by molar-refractivity contribution is 7.98. The first-order chi connectivity index (χ1) is 15.7. The first-order valence-electron chi connectivity index (χ1n) is 10.6. The molecule has 4 aromatic rings. The van der Waals surface area contributed by atoms with E-state index < -0.39 is 6.23 Å². The van der Waals surface area contributed by atoms with E-state index in [9.17, 15) is 4.79 Å². The predicted molar refractivity (Wildman–Crippen MR) is 127 cm³/mol. The third-order valence-corrected chi connectivity index (χ3v) is 6.05. The van der Waals surface area contributed by atoms with Crippen LogP contribution >= 0.6 is 11.8 Å². The summed E-state index contributed by atoms with van der Waals surface area (Å²) in [6, 6.07) is 21.9. The lowest BCUT2D eigenvalue weighted by molar-refractivity contribution is -0.120. The molecule has 1 aliphatic heterocycles. The SMILES string of the molecule is CCCC(=O)N1c2ccccc2-c2nnc(SC)nc2O[C@@H]1c1cccc2ccccc12. The average molecular weight is 443 g/mol. The van der Waals surface area contributed by atoms with E-state index in [1.807, 2.05) is 61.7 Å². The normalized spacial score (nSPS) is 14.9. The van der Waals surface area contributed by atoms with E-state index >= 15 is 0 Å². The largest absolute Gasteiger partial charge is 0.447 e. The Hall–Kier alpha value is -3.45. The molecule has 0 aliphatic carbocycles. The second-order valence-electron chi connectivity index (χ2n) is 7.52. The van der Waals surface area contributed by atoms with Crippen LogP contribution in [0.25, 0.3) is 22.0 Å². The van der Waals surface area contributed by atoms with Crippen LogP contribution in [-0.2, 0) is 4.79 Å². The fourth-order valence-corrected chi connectivity index (χ4v) is 4.37. The van der Waals surface area contributed by atoms with Gasteiger partial charge in [-0.05, 0) is 29.5 Å². The number of para-hydroxylation sites is 1. The van der Waals surface area contributed by atoms with Gasteiger partial charge in [-0.2, -0.15) is 4.98 Å². The number of hydrogen-bond donors (Lipinski definition) is 0. The molecule has 0 fully saturated rings. The number of rotatable bonds is 4. The summed E-state index contributed by atoms with van der Waals surface area (Å²) in [6.45, 7) is 2.00. The van der Waals surface area contributed by atoms with E-state index in [0.29, 0.717) is 23.2 Å². The van der Waals surface area contributed by atoms with Crippen molar-refractivity contribution in [2.45, 2.75) is 31.1 Å². The van der Waals surface area contributed by atoms with Gasteiger partial charge in [-0.3, -0.25) is 9.69 Å². The number of benzene rings is 3. The zero-order chi connectivity index (χ0) is 22.1. The van der Waals surface area contributed by atoms with Crippen molar-refractivity contribution in [1.29, 1.82) is 0 Å². The molecular formula is C25H22N4O2S. The van der Waals surface area contributed by atoms with Gasteiger partial charge >= 0.3 is 0 Å². The minimum Gasteiger partial charge on any atom is -0.447 e. The van der Waals surface area contributed by atoms with Crippen molar-refractivity contribution in [3.05, 3.63) is 72.3 Å². The summed E-state index contributed by atoms with van der Waals surface area (Å²) in [6.07, 6.45) is 2.35. The highest BCUT2D eigenvalue weighted by atomic mass is 32.2. The van der Waals surface area contributed by atoms with E-state index in [1.54, 1.807) is 4.90 Å². The average Bonchev–Trinajstić information content (AvgIpc) is 2.98. The molecule has 32 heavy (non-hydrogen) atoms. The number of amides is 1. The molecule has 1 aromatic heterocycles. The fourth-order valence-electron chi connectivity index (χ4n) is 4.07. The van der Waals surface area contributed by atoms with Crippen LogP contribution in [0.15, 0.2) is 71.9 Å². The van der Waals surface area contributed by atoms with Crippen molar-refractivity contribution >= 4 is 34.1 Å². The monoisotopic (exact) mass is 442 g/mol. The summed E-state index contributed by atoms with van der Waals surface area (Å²) in [5.41, 5.74) is 2.97. The first-order valence-corrected chi connectivity index (χ1v) is 11.8. The van der Waals surface area contributed by atoms with Crippen molar-refractivity contribution in [2.24, 2.45) is 0 Å². The molecule has 0 N–H and O–H groups in total. The van der Waals surface area contributed by atoms with Crippen LogP contribution in [0.2, 0.25) is 0 Å². The Morgan fingerprint density at radius 3 is 2.66 bits per heavy atom. The number of hydrogen-bond acceptors (Lipinski definition) is 6. The molecule has 2 heterocycles. The molecule has 0 spiro atoms. The number of thioether (sulfide) groups is 1. The van der Waals surface area contributed by atoms with Gasteiger partial charge in [0.15, 0.2) is 5.69 Å². The zero-order valence-electron chi connectivity index (χ0n) is 17.9. The quantitative estimate of drug-likeness (QED) is 0.381. The van der Waals surface area contributed by atoms with Crippen LogP contribution < -0.4 is 9.64 Å². The molecule has 6 nitrogen and oxygen atoms in total. The Morgan fingerprint density at radius 1 is 1.03 bits per heavy atom. The maximum atomic E-state index is 13.5. The number of aromatic nitrogens is 3. The van der Waals surface area contributed by atoms with Gasteiger partial charge in [0, 0.05) is 17.5 Å². The van der Waals surface area contributed by atoms with E-state index in [0.717, 1.165) is 34.0 Å². The van der Waals surface area contributed by atoms with Crippen molar-refractivity contribution in [3.8, 4) is 17.1 Å². The molecule has 3 aromatic carbocycles. The lowest BCUT2D eigenvalue weighted by atomic mass is 10.0. The minimum absolute atomic E-state index is 0.0104. The number of carbonyl (C=O) groups excluding carboxylic acids is 1. The van der Waals surface area contributed by atoms with Crippen LogP contribution in [-0.4, -0.2) is 27.3 Å². The Labute approximate surface area is 190 Å². The molecular weight excluding hydrogens is 420 g/mol. The van der Waals surface area contributed by atoms with Crippen LogP contribution in [0.4, 0.5) is 5.69 Å². The van der Waals surface area contributed by atoms with Crippen molar-refractivity contribution in [1.82, 2.24) is 15.2 Å². The summed E-state index contributed by atoms with van der Waals surface area (Å²) < 4.78 is 6.53. The summed E-state index contributed by atoms with van der Waals surface area (Å²) in [7, 11) is 0. The van der Waals surface area contributed by atoms with Crippen molar-refractivity contribution in [3.63, 3.8) is 0 Å². The smallest absolute Gasteiger partial charge is 0.247 e. The maximum absolute atomic E-state index is 13.5. The molecule has 0 radical (unpaired) electrons. The molecule has 1 amide bonds. The second-order valence-corrected chi connectivity index (χ2v) is 8.30. The maximum Gasteiger partial charge on any atom is 0.247 e. The topological polar surface area (TPSA) is 68.2 Å². The Bertz CT molecular complexity index is 1300. The number of fused-ring (bicyclic) bond motifs is 4. The van der Waals surface area contributed by atoms with Crippen LogP contribution in [0.3, 0.4) is 0 Å². The van der Waals surface area contributed by atoms with Gasteiger partial charge in [-0.25, -0.2) is 0 Å². The molecule has 0 saturated heterocycles. The molecule has 1 aliphatic rings. The summed E-state index contributed by atoms with van der Waals surface area (Å²) in [5.74, 6) is 0.366. The van der Waals surface area contributed by atoms with E-state index in [1.165, 1.54) is 11.8 Å². The van der Waals surface area contributed by atoms with Crippen LogP contribution in [0, 0.1) is 0 Å². The van der Waals surface area contributed by atoms with Crippen LogP contribution in [0.1, 0.15) is 31.6 Å². The Balaban J connectivity index is 1.79. The Morgan fingerprint density at radius 2 is 1.81 bits per heavy atom. The number of nitrogens with zero attached hydrogens (tertiary/aromatic N) is 4. The number of carbonyl (C=O) groups is 1. The fraction of sp³-hybridized carbons (Fsp3) is 0.200. The van der Waals surface area contributed by atoms with E-state index in [-0.39, 0.29) is 5.91 Å². The molecule has 7 heteroatoms. The third-order valence-electron chi connectivity index (χ3n) is 5.52. The highest BCUT2D eigenvalue weighted by Crippen LogP contribution is 2.44. The zero-order valence-corrected chi connectivity index (χ0v) is 18.7. The predicted octanol–water partition coefficient (Wildman–Crippen LogP) is 5.64. The number of anilines is 1. The lowest BCUT2D eigenvalue weighted by Crippen LogP contribution is -2.37. The third kappa shape index (κ3) is 3.48. The summed E-state index contributed by atoms with van der Waals surface area (Å²) in [4.78, 5) is 19.9. The minimum atomic E-state index is -0.686. The molecule has 1 atom stereocenters. The van der Waals surface area contributed by atoms with Gasteiger partial charge in [0.1, 0.15) is 0 Å². The van der Waals surface area contributed by atoms with Gasteiger partial charge < -0.3 is 4.74 Å². The van der Waals surface area contributed by atoms with Gasteiger partial charge in [0.2, 0.25) is 23.2 Å². The van der Waals surface area contributed by atoms with Gasteiger partial charge in [-0.15, -0.1) is 10.2 Å². The molecule has 160 valence electrons. The standard InChI is InChI=1S/C25H22N4O2S/c1-3-9-21(30)29-20-15-7-6-13-19(20)22-23(26-25(32-2)28-27-22)31-24(29)18-14-8-11-16-10-4-5-12-17(16)18/h4-8,10-15,24H,3,9H2,1-2H3/t24-/m1/s1. The van der Waals surface area contributed by atoms with Gasteiger partial charge in [0.05, 0.1) is 5.69 Å². The van der Waals surface area contributed by atoms with Gasteiger partial charge in [-0.1, -0.05) is 79.3 Å². The molecule has 0 unspecified atom stereocenters. The molecule has 0 saturated carbocycles. The highest BCUT2D eigenvalue weighted by Gasteiger charge is 2.36. The lowest BCUT2D eigenvalue weighted by Gasteiger charge is -2.31. The summed E-state index contributed by atoms with van der Waals surface area (Å²) in [5, 5.41) is 11.3.